The highest BCUT2D eigenvalue weighted by Gasteiger charge is 2.18. The first-order valence-corrected chi connectivity index (χ1v) is 7.09. The van der Waals surface area contributed by atoms with Gasteiger partial charge in [-0.15, -0.1) is 5.10 Å². The molecule has 1 amide bonds. The first-order chi connectivity index (χ1) is 10.2. The van der Waals surface area contributed by atoms with E-state index in [1.807, 2.05) is 25.1 Å². The summed E-state index contributed by atoms with van der Waals surface area (Å²) in [6.07, 6.45) is 4.25. The number of nitrogens with zero attached hydrogens (tertiary/aromatic N) is 4. The van der Waals surface area contributed by atoms with Gasteiger partial charge in [-0.2, -0.15) is 0 Å². The van der Waals surface area contributed by atoms with Crippen LogP contribution in [0.2, 0.25) is 0 Å². The van der Waals surface area contributed by atoms with E-state index < -0.39 is 0 Å². The van der Waals surface area contributed by atoms with Gasteiger partial charge in [0.1, 0.15) is 6.33 Å². The van der Waals surface area contributed by atoms with Gasteiger partial charge in [-0.3, -0.25) is 4.79 Å². The molecule has 2 aromatic rings. The second-order valence-corrected chi connectivity index (χ2v) is 5.30. The SMILES string of the molecule is Cc1ccc(-n2cnnn2)cc1NC(=O)CC1CCCN1. The number of amides is 1. The Morgan fingerprint density at radius 2 is 2.43 bits per heavy atom. The Hall–Kier alpha value is -2.28. The summed E-state index contributed by atoms with van der Waals surface area (Å²) in [7, 11) is 0. The third-order valence-electron chi connectivity index (χ3n) is 3.70. The van der Waals surface area contributed by atoms with Crippen molar-refractivity contribution >= 4 is 11.6 Å². The van der Waals surface area contributed by atoms with Crippen LogP contribution in [-0.4, -0.2) is 38.7 Å². The molecule has 0 bridgehead atoms. The second kappa shape index (κ2) is 6.01. The molecule has 0 radical (unpaired) electrons. The number of tetrazole rings is 1. The molecular weight excluding hydrogens is 268 g/mol. The lowest BCUT2D eigenvalue weighted by Gasteiger charge is -2.13. The molecule has 1 aromatic heterocycles. The quantitative estimate of drug-likeness (QED) is 0.877. The van der Waals surface area contributed by atoms with E-state index in [0.717, 1.165) is 36.3 Å². The molecule has 0 spiro atoms. The molecule has 7 nitrogen and oxygen atoms in total. The van der Waals surface area contributed by atoms with Crippen LogP contribution in [0.5, 0.6) is 0 Å². The smallest absolute Gasteiger partial charge is 0.225 e. The number of benzene rings is 1. The first kappa shape index (κ1) is 13.7. The lowest BCUT2D eigenvalue weighted by molar-refractivity contribution is -0.116. The number of nitrogens with one attached hydrogen (secondary N) is 2. The molecule has 1 unspecified atom stereocenters. The molecule has 1 aromatic carbocycles. The lowest BCUT2D eigenvalue weighted by atomic mass is 10.1. The summed E-state index contributed by atoms with van der Waals surface area (Å²) < 4.78 is 1.56. The summed E-state index contributed by atoms with van der Waals surface area (Å²) in [5.74, 6) is 0.0337. The molecule has 1 aliphatic heterocycles. The minimum atomic E-state index is 0.0337. The summed E-state index contributed by atoms with van der Waals surface area (Å²) in [5, 5.41) is 17.4. The number of aryl methyl sites for hydroxylation is 1. The number of anilines is 1. The summed E-state index contributed by atoms with van der Waals surface area (Å²) in [5.41, 5.74) is 2.63. The lowest BCUT2D eigenvalue weighted by Crippen LogP contribution is -2.27. The highest BCUT2D eigenvalue weighted by Crippen LogP contribution is 2.20. The van der Waals surface area contributed by atoms with Crippen molar-refractivity contribution < 1.29 is 4.79 Å². The minimum absolute atomic E-state index is 0.0337. The van der Waals surface area contributed by atoms with Crippen molar-refractivity contribution in [2.24, 2.45) is 0 Å². The van der Waals surface area contributed by atoms with Gasteiger partial charge in [-0.05, 0) is 54.4 Å². The Kier molecular flexibility index (Phi) is 3.92. The van der Waals surface area contributed by atoms with Crippen LogP contribution in [0.4, 0.5) is 5.69 Å². The van der Waals surface area contributed by atoms with Gasteiger partial charge in [0.15, 0.2) is 0 Å². The Morgan fingerprint density at radius 3 is 3.14 bits per heavy atom. The van der Waals surface area contributed by atoms with Crippen molar-refractivity contribution in [3.63, 3.8) is 0 Å². The summed E-state index contributed by atoms with van der Waals surface area (Å²) in [6.45, 7) is 2.97. The van der Waals surface area contributed by atoms with Gasteiger partial charge < -0.3 is 10.6 Å². The van der Waals surface area contributed by atoms with Crippen LogP contribution in [0.3, 0.4) is 0 Å². The molecule has 110 valence electrons. The predicted molar refractivity (Wildman–Crippen MR) is 78.2 cm³/mol. The van der Waals surface area contributed by atoms with Crippen LogP contribution in [0.25, 0.3) is 5.69 Å². The molecule has 3 rings (SSSR count). The number of carbonyl (C=O) groups is 1. The van der Waals surface area contributed by atoms with Gasteiger partial charge in [-0.25, -0.2) is 4.68 Å². The molecule has 0 aliphatic carbocycles. The van der Waals surface area contributed by atoms with Crippen LogP contribution < -0.4 is 10.6 Å². The van der Waals surface area contributed by atoms with E-state index in [-0.39, 0.29) is 5.91 Å². The molecule has 1 aliphatic rings. The van der Waals surface area contributed by atoms with E-state index in [1.165, 1.54) is 6.33 Å². The largest absolute Gasteiger partial charge is 0.326 e. The van der Waals surface area contributed by atoms with Crippen LogP contribution in [-0.2, 0) is 4.79 Å². The molecule has 0 saturated carbocycles. The number of carbonyl (C=O) groups excluding carboxylic acids is 1. The van der Waals surface area contributed by atoms with Gasteiger partial charge in [0, 0.05) is 18.2 Å². The van der Waals surface area contributed by atoms with Gasteiger partial charge in [0.2, 0.25) is 5.91 Å². The maximum atomic E-state index is 12.1. The highest BCUT2D eigenvalue weighted by molar-refractivity contribution is 5.92. The standard InChI is InChI=1S/C14H18N6O/c1-10-4-5-12(20-9-16-18-19-20)8-13(10)17-14(21)7-11-3-2-6-15-11/h4-5,8-9,11,15H,2-3,6-7H2,1H3,(H,17,21). The Morgan fingerprint density at radius 1 is 1.52 bits per heavy atom. The van der Waals surface area contributed by atoms with Crippen molar-refractivity contribution in [1.82, 2.24) is 25.5 Å². The van der Waals surface area contributed by atoms with E-state index in [9.17, 15) is 4.79 Å². The fourth-order valence-corrected chi connectivity index (χ4v) is 2.52. The van der Waals surface area contributed by atoms with E-state index in [2.05, 4.69) is 26.2 Å². The number of hydrogen-bond donors (Lipinski definition) is 2. The monoisotopic (exact) mass is 286 g/mol. The van der Waals surface area contributed by atoms with E-state index in [4.69, 9.17) is 0 Å². The molecule has 7 heteroatoms. The number of hydrogen-bond acceptors (Lipinski definition) is 5. The van der Waals surface area contributed by atoms with Crippen molar-refractivity contribution in [1.29, 1.82) is 0 Å². The molecule has 2 heterocycles. The zero-order chi connectivity index (χ0) is 14.7. The number of aromatic nitrogens is 4. The molecule has 21 heavy (non-hydrogen) atoms. The van der Waals surface area contributed by atoms with E-state index in [1.54, 1.807) is 4.68 Å². The third-order valence-corrected chi connectivity index (χ3v) is 3.70. The Balaban J connectivity index is 1.72. The fraction of sp³-hybridized carbons (Fsp3) is 0.429. The average Bonchev–Trinajstić information content (AvgIpc) is 3.14. The average molecular weight is 286 g/mol. The Bertz CT molecular complexity index is 618. The van der Waals surface area contributed by atoms with Gasteiger partial charge in [-0.1, -0.05) is 6.07 Å². The van der Waals surface area contributed by atoms with E-state index >= 15 is 0 Å². The molecule has 2 N–H and O–H groups in total. The fourth-order valence-electron chi connectivity index (χ4n) is 2.52. The molecular formula is C14H18N6O. The zero-order valence-electron chi connectivity index (χ0n) is 11.9. The predicted octanol–water partition coefficient (Wildman–Crippen LogP) is 1.05. The third kappa shape index (κ3) is 3.25. The normalized spacial score (nSPS) is 17.9. The van der Waals surface area contributed by atoms with Gasteiger partial charge in [0.05, 0.1) is 5.69 Å². The van der Waals surface area contributed by atoms with Crippen LogP contribution in [0.1, 0.15) is 24.8 Å². The van der Waals surface area contributed by atoms with Gasteiger partial charge >= 0.3 is 0 Å². The van der Waals surface area contributed by atoms with Crippen molar-refractivity contribution in [3.8, 4) is 5.69 Å². The van der Waals surface area contributed by atoms with Crippen molar-refractivity contribution in [2.45, 2.75) is 32.2 Å². The molecule has 1 saturated heterocycles. The number of rotatable bonds is 4. The summed E-state index contributed by atoms with van der Waals surface area (Å²) >= 11 is 0. The van der Waals surface area contributed by atoms with Gasteiger partial charge in [0.25, 0.3) is 0 Å². The van der Waals surface area contributed by atoms with Crippen molar-refractivity contribution in [3.05, 3.63) is 30.1 Å². The first-order valence-electron chi connectivity index (χ1n) is 7.09. The topological polar surface area (TPSA) is 84.7 Å². The highest BCUT2D eigenvalue weighted by atomic mass is 16.1. The van der Waals surface area contributed by atoms with Crippen LogP contribution in [0, 0.1) is 6.92 Å². The minimum Gasteiger partial charge on any atom is -0.326 e. The van der Waals surface area contributed by atoms with Crippen LogP contribution in [0.15, 0.2) is 24.5 Å². The Labute approximate surface area is 122 Å². The zero-order valence-corrected chi connectivity index (χ0v) is 11.9. The van der Waals surface area contributed by atoms with E-state index in [0.29, 0.717) is 12.5 Å². The molecule has 1 fully saturated rings. The maximum absolute atomic E-state index is 12.1. The molecule has 1 atom stereocenters. The summed E-state index contributed by atoms with van der Waals surface area (Å²) in [4.78, 5) is 12.1. The van der Waals surface area contributed by atoms with Crippen molar-refractivity contribution in [2.75, 3.05) is 11.9 Å². The second-order valence-electron chi connectivity index (χ2n) is 5.30. The summed E-state index contributed by atoms with van der Waals surface area (Å²) in [6, 6.07) is 6.04. The van der Waals surface area contributed by atoms with Crippen LogP contribution >= 0.6 is 0 Å². The maximum Gasteiger partial charge on any atom is 0.225 e.